The molecule has 218 valence electrons. The first-order valence-corrected chi connectivity index (χ1v) is 15.6. The second-order valence-corrected chi connectivity index (χ2v) is 13.2. The molecule has 3 aliphatic rings. The third kappa shape index (κ3) is 5.01. The predicted octanol–water partition coefficient (Wildman–Crippen LogP) is 4.70. The fourth-order valence-electron chi connectivity index (χ4n) is 7.18. The van der Waals surface area contributed by atoms with Gasteiger partial charge in [0.15, 0.2) is 0 Å². The number of fused-ring (bicyclic) bond motifs is 1. The van der Waals surface area contributed by atoms with Gasteiger partial charge >= 0.3 is 0 Å². The van der Waals surface area contributed by atoms with Gasteiger partial charge in [-0.3, -0.25) is 14.4 Å². The zero-order valence-corrected chi connectivity index (χ0v) is 25.4. The molecule has 2 bridgehead atoms. The van der Waals surface area contributed by atoms with Gasteiger partial charge in [0, 0.05) is 38.0 Å². The topological polar surface area (TPSA) is 81.2 Å². The zero-order valence-electron chi connectivity index (χ0n) is 23.9. The number of hydrogen-bond donors (Lipinski definition) is 1. The average molecular weight is 588 g/mol. The van der Waals surface area contributed by atoms with Crippen LogP contribution in [0.4, 0.5) is 5.69 Å². The summed E-state index contributed by atoms with van der Waals surface area (Å²) in [5, 5.41) is 9.91. The van der Waals surface area contributed by atoms with Gasteiger partial charge in [-0.2, -0.15) is 0 Å². The molecule has 0 aliphatic carbocycles. The van der Waals surface area contributed by atoms with Crippen molar-refractivity contribution in [3.63, 3.8) is 0 Å². The van der Waals surface area contributed by atoms with E-state index in [0.717, 1.165) is 18.4 Å². The highest BCUT2D eigenvalue weighted by Crippen LogP contribution is 2.69. The van der Waals surface area contributed by atoms with Crippen molar-refractivity contribution in [1.29, 1.82) is 0 Å². The molecule has 3 aliphatic heterocycles. The fourth-order valence-corrected chi connectivity index (χ4v) is 9.91. The molecule has 3 amide bonds. The number of thioether (sulfide) groups is 1. The second-order valence-electron chi connectivity index (χ2n) is 11.2. The molecule has 3 heterocycles. The molecule has 1 aromatic rings. The number of nitrogens with zero attached hydrogens (tertiary/aromatic N) is 3. The lowest BCUT2D eigenvalue weighted by Gasteiger charge is -2.41. The third-order valence-electron chi connectivity index (χ3n) is 8.76. The smallest absolute Gasteiger partial charge is 0.251 e. The summed E-state index contributed by atoms with van der Waals surface area (Å²) in [6.07, 6.45) is 6.09. The number of unbranched alkanes of at least 4 members (excludes halogenated alkanes) is 1. The number of amides is 3. The van der Waals surface area contributed by atoms with Gasteiger partial charge < -0.3 is 19.8 Å². The molecule has 3 fully saturated rings. The molecule has 3 unspecified atom stereocenters. The van der Waals surface area contributed by atoms with Gasteiger partial charge in [0.1, 0.15) is 6.04 Å². The summed E-state index contributed by atoms with van der Waals surface area (Å²) in [4.78, 5) is 48.4. The van der Waals surface area contributed by atoms with Gasteiger partial charge in [0.2, 0.25) is 11.8 Å². The molecule has 7 nitrogen and oxygen atoms in total. The maximum Gasteiger partial charge on any atom is 0.251 e. The number of halogens is 1. The maximum atomic E-state index is 14.8. The van der Waals surface area contributed by atoms with Gasteiger partial charge in [-0.05, 0) is 50.2 Å². The van der Waals surface area contributed by atoms with E-state index in [1.54, 1.807) is 39.8 Å². The summed E-state index contributed by atoms with van der Waals surface area (Å²) >= 11 is 8.33. The first-order valence-electron chi connectivity index (χ1n) is 14.4. The standard InChI is InChI=1S/C31H42ClN3O4S/c1-6-14-33(15-7-2)28(37)24-23-19-21(5)31(40-23)25(24)29(38)35(17-9-10-18-36)27(31)30(39)34(16-8-3)26-20(4)12-11-13-22(26)32/h6,8,11-13,21,23-25,27,36H,1,3,7,9-10,14-19H2,2,4-5H3/t21?,23-,24+,25+,27?,31?/m1/s1. The van der Waals surface area contributed by atoms with Crippen molar-refractivity contribution in [3.8, 4) is 0 Å². The van der Waals surface area contributed by atoms with E-state index in [0.29, 0.717) is 43.2 Å². The van der Waals surface area contributed by atoms with Crippen LogP contribution >= 0.6 is 23.4 Å². The number of likely N-dealkylation sites (tertiary alicyclic amines) is 1. The molecule has 0 aromatic heterocycles. The van der Waals surface area contributed by atoms with Crippen molar-refractivity contribution < 1.29 is 19.5 Å². The summed E-state index contributed by atoms with van der Waals surface area (Å²) in [6, 6.07) is 4.79. The normalized spacial score (nSPS) is 28.5. The molecular formula is C31H42ClN3O4S. The van der Waals surface area contributed by atoms with E-state index in [-0.39, 0.29) is 42.0 Å². The summed E-state index contributed by atoms with van der Waals surface area (Å²) in [6.45, 7) is 15.4. The fraction of sp³-hybridized carbons (Fsp3) is 0.581. The third-order valence-corrected chi connectivity index (χ3v) is 11.1. The number of aliphatic hydroxyl groups is 1. The molecule has 1 spiro atoms. The van der Waals surface area contributed by atoms with Crippen molar-refractivity contribution in [2.24, 2.45) is 17.8 Å². The van der Waals surface area contributed by atoms with Crippen LogP contribution in [0.3, 0.4) is 0 Å². The summed E-state index contributed by atoms with van der Waals surface area (Å²) in [5.41, 5.74) is 1.48. The number of benzene rings is 1. The largest absolute Gasteiger partial charge is 0.396 e. The van der Waals surface area contributed by atoms with E-state index in [2.05, 4.69) is 20.1 Å². The van der Waals surface area contributed by atoms with Crippen molar-refractivity contribution in [3.05, 3.63) is 54.1 Å². The minimum absolute atomic E-state index is 0.0124. The van der Waals surface area contributed by atoms with Crippen molar-refractivity contribution >= 4 is 46.8 Å². The van der Waals surface area contributed by atoms with Gasteiger partial charge in [-0.15, -0.1) is 24.9 Å². The number of aliphatic hydroxyl groups excluding tert-OH is 1. The quantitative estimate of drug-likeness (QED) is 0.267. The Morgan fingerprint density at radius 1 is 1.23 bits per heavy atom. The van der Waals surface area contributed by atoms with Crippen molar-refractivity contribution in [2.45, 2.75) is 62.5 Å². The number of carbonyl (C=O) groups excluding carboxylic acids is 3. The van der Waals surface area contributed by atoms with Crippen LogP contribution in [0.1, 0.15) is 45.1 Å². The predicted molar refractivity (Wildman–Crippen MR) is 162 cm³/mol. The Hall–Kier alpha value is -2.29. The lowest BCUT2D eigenvalue weighted by molar-refractivity contribution is -0.144. The molecule has 4 rings (SSSR count). The maximum absolute atomic E-state index is 14.8. The van der Waals surface area contributed by atoms with Gasteiger partial charge in [0.05, 0.1) is 27.3 Å². The summed E-state index contributed by atoms with van der Waals surface area (Å²) in [5.74, 6) is -1.33. The van der Waals surface area contributed by atoms with E-state index in [9.17, 15) is 19.5 Å². The SMILES string of the molecule is C=CCN(CCC)C(=O)[C@@H]1[C@H]2C(=O)N(CCCCO)C(C(=O)N(CC=C)c3c(C)cccc3Cl)C23S[C@@H]1CC3C. The highest BCUT2D eigenvalue weighted by Gasteiger charge is 2.76. The monoisotopic (exact) mass is 587 g/mol. The summed E-state index contributed by atoms with van der Waals surface area (Å²) < 4.78 is -0.723. The molecule has 0 radical (unpaired) electrons. The Kier molecular flexibility index (Phi) is 9.74. The molecule has 9 heteroatoms. The molecule has 40 heavy (non-hydrogen) atoms. The molecule has 0 saturated carbocycles. The number of hydrogen-bond acceptors (Lipinski definition) is 5. The number of anilines is 1. The van der Waals surface area contributed by atoms with E-state index in [1.807, 2.05) is 30.9 Å². The van der Waals surface area contributed by atoms with E-state index in [4.69, 9.17) is 11.6 Å². The lowest BCUT2D eigenvalue weighted by atomic mass is 9.65. The van der Waals surface area contributed by atoms with Crippen molar-refractivity contribution in [1.82, 2.24) is 9.80 Å². The van der Waals surface area contributed by atoms with Crippen LogP contribution in [0.2, 0.25) is 5.02 Å². The Morgan fingerprint density at radius 2 is 1.95 bits per heavy atom. The number of rotatable bonds is 13. The van der Waals surface area contributed by atoms with Crippen LogP contribution in [-0.2, 0) is 14.4 Å². The van der Waals surface area contributed by atoms with Crippen LogP contribution in [0.25, 0.3) is 0 Å². The summed E-state index contributed by atoms with van der Waals surface area (Å²) in [7, 11) is 0. The zero-order chi connectivity index (χ0) is 29.2. The molecule has 3 saturated heterocycles. The van der Waals surface area contributed by atoms with E-state index in [1.165, 1.54) is 0 Å². The number of aryl methyl sites for hydroxylation is 1. The first kappa shape index (κ1) is 30.7. The van der Waals surface area contributed by atoms with Crippen molar-refractivity contribution in [2.75, 3.05) is 37.7 Å². The molecule has 1 aromatic carbocycles. The van der Waals surface area contributed by atoms with E-state index >= 15 is 0 Å². The average Bonchev–Trinajstić information content (AvgIpc) is 3.51. The van der Waals surface area contributed by atoms with Gasteiger partial charge in [-0.25, -0.2) is 0 Å². The van der Waals surface area contributed by atoms with E-state index < -0.39 is 22.6 Å². The Balaban J connectivity index is 1.82. The Bertz CT molecular complexity index is 1140. The van der Waals surface area contributed by atoms with Gasteiger partial charge in [-0.1, -0.05) is 49.7 Å². The van der Waals surface area contributed by atoms with Crippen LogP contribution in [-0.4, -0.2) is 81.5 Å². The second kappa shape index (κ2) is 12.7. The van der Waals surface area contributed by atoms with Crippen LogP contribution in [0.5, 0.6) is 0 Å². The minimum atomic E-state index is -0.749. The first-order chi connectivity index (χ1) is 19.2. The number of carbonyl (C=O) groups is 3. The van der Waals surface area contributed by atoms with Crippen LogP contribution in [0.15, 0.2) is 43.5 Å². The molecule has 6 atom stereocenters. The van der Waals surface area contributed by atoms with Gasteiger partial charge in [0.25, 0.3) is 5.91 Å². The van der Waals surface area contributed by atoms with Crippen LogP contribution in [0, 0.1) is 24.7 Å². The Morgan fingerprint density at radius 3 is 2.58 bits per heavy atom. The van der Waals surface area contributed by atoms with Crippen LogP contribution < -0.4 is 4.90 Å². The highest BCUT2D eigenvalue weighted by atomic mass is 35.5. The molecular weight excluding hydrogens is 546 g/mol. The lowest BCUT2D eigenvalue weighted by Crippen LogP contribution is -2.58. The molecule has 1 N–H and O–H groups in total. The highest BCUT2D eigenvalue weighted by molar-refractivity contribution is 8.02. The Labute approximate surface area is 247 Å². The number of para-hydroxylation sites is 1. The minimum Gasteiger partial charge on any atom is -0.396 e.